The van der Waals surface area contributed by atoms with E-state index in [9.17, 15) is 16.8 Å². The predicted octanol–water partition coefficient (Wildman–Crippen LogP) is 2.89. The van der Waals surface area contributed by atoms with E-state index in [1.54, 1.807) is 26.2 Å². The number of hydrogen-bond acceptors (Lipinski definition) is 10. The third-order valence-corrected chi connectivity index (χ3v) is 10.0. The highest BCUT2D eigenvalue weighted by Crippen LogP contribution is 2.33. The van der Waals surface area contributed by atoms with Crippen molar-refractivity contribution in [1.82, 2.24) is 9.79 Å². The number of ether oxygens (including phenoxy) is 2. The molecule has 44 heavy (non-hydrogen) atoms. The third kappa shape index (κ3) is 8.24. The molecule has 13 nitrogen and oxygen atoms in total. The molecule has 0 aliphatic carbocycles. The van der Waals surface area contributed by atoms with Gasteiger partial charge in [-0.15, -0.1) is 12.4 Å². The molecule has 240 valence electrons. The van der Waals surface area contributed by atoms with Crippen LogP contribution in [0.3, 0.4) is 0 Å². The van der Waals surface area contributed by atoms with Crippen molar-refractivity contribution in [3.05, 3.63) is 72.3 Å². The van der Waals surface area contributed by atoms with Crippen molar-refractivity contribution in [1.29, 1.82) is 5.41 Å². The molecule has 3 aromatic carbocycles. The smallest absolute Gasteiger partial charge is 0.340 e. The first-order valence-electron chi connectivity index (χ1n) is 13.4. The summed E-state index contributed by atoms with van der Waals surface area (Å²) in [7, 11) is -7.16. The lowest BCUT2D eigenvalue weighted by atomic mass is 10.2. The zero-order valence-electron chi connectivity index (χ0n) is 24.3. The van der Waals surface area contributed by atoms with Gasteiger partial charge in [0.25, 0.3) is 0 Å². The van der Waals surface area contributed by atoms with Crippen molar-refractivity contribution in [2.75, 3.05) is 51.4 Å². The molecule has 0 atom stereocenters. The lowest BCUT2D eigenvalue weighted by Crippen LogP contribution is -2.49. The van der Waals surface area contributed by atoms with Gasteiger partial charge in [-0.1, -0.05) is 30.3 Å². The van der Waals surface area contributed by atoms with Crippen molar-refractivity contribution in [2.45, 2.75) is 23.1 Å². The first-order valence-corrected chi connectivity index (χ1v) is 16.3. The molecule has 1 aliphatic rings. The molecule has 0 aromatic heterocycles. The molecular weight excluding hydrogens is 634 g/mol. The van der Waals surface area contributed by atoms with Gasteiger partial charge in [-0.25, -0.2) is 13.9 Å². The molecule has 1 heterocycles. The second kappa shape index (κ2) is 15.3. The third-order valence-electron chi connectivity index (χ3n) is 6.67. The number of hydroxylamine groups is 1. The number of halogens is 1. The Kier molecular flexibility index (Phi) is 12.1. The SMILES string of the molecule is COc1ccccc1N1CCN(S(=O)(=O)c2ccccc2S(=O)(=O)Oc2cccc(OCCCONC(=N)N)c2C)CC1.Cl. The number of benzene rings is 3. The molecule has 0 unspecified atom stereocenters. The normalized spacial score (nSPS) is 13.9. The zero-order chi connectivity index (χ0) is 31.0. The number of nitrogens with zero attached hydrogens (tertiary/aromatic N) is 2. The van der Waals surface area contributed by atoms with Gasteiger partial charge in [0.1, 0.15) is 27.0 Å². The Morgan fingerprint density at radius 3 is 2.16 bits per heavy atom. The van der Waals surface area contributed by atoms with E-state index < -0.39 is 25.0 Å². The van der Waals surface area contributed by atoms with Crippen LogP contribution < -0.4 is 29.8 Å². The molecule has 4 rings (SSSR count). The molecule has 1 fully saturated rings. The average molecular weight is 670 g/mol. The van der Waals surface area contributed by atoms with Gasteiger partial charge in [-0.05, 0) is 43.3 Å². The number of para-hydroxylation sites is 2. The Hall–Kier alpha value is -3.76. The Morgan fingerprint density at radius 1 is 0.864 bits per heavy atom. The van der Waals surface area contributed by atoms with Crippen LogP contribution in [0.25, 0.3) is 0 Å². The molecule has 0 bridgehead atoms. The van der Waals surface area contributed by atoms with Crippen LogP contribution in [0.15, 0.2) is 76.5 Å². The highest BCUT2D eigenvalue weighted by Gasteiger charge is 2.34. The number of hydrogen-bond donors (Lipinski definition) is 3. The molecule has 4 N–H and O–H groups in total. The summed E-state index contributed by atoms with van der Waals surface area (Å²) >= 11 is 0. The Balaban J connectivity index is 0.00000529. The number of piperazine rings is 1. The van der Waals surface area contributed by atoms with Gasteiger partial charge in [-0.3, -0.25) is 10.2 Å². The van der Waals surface area contributed by atoms with Gasteiger partial charge in [0.15, 0.2) is 0 Å². The molecule has 0 saturated carbocycles. The molecule has 16 heteroatoms. The van der Waals surface area contributed by atoms with E-state index in [4.69, 9.17) is 29.6 Å². The maximum absolute atomic E-state index is 13.7. The van der Waals surface area contributed by atoms with Crippen LogP contribution in [0.4, 0.5) is 5.69 Å². The lowest BCUT2D eigenvalue weighted by molar-refractivity contribution is 0.0732. The van der Waals surface area contributed by atoms with Gasteiger partial charge in [-0.2, -0.15) is 12.7 Å². The Morgan fingerprint density at radius 2 is 1.48 bits per heavy atom. The molecular formula is C28H36ClN5O8S2. The van der Waals surface area contributed by atoms with E-state index in [2.05, 4.69) is 5.48 Å². The number of rotatable bonds is 13. The van der Waals surface area contributed by atoms with Crippen molar-refractivity contribution in [2.24, 2.45) is 5.73 Å². The minimum absolute atomic E-state index is 0. The van der Waals surface area contributed by atoms with Gasteiger partial charge in [0, 0.05) is 38.2 Å². The fourth-order valence-corrected chi connectivity index (χ4v) is 7.70. The first-order chi connectivity index (χ1) is 20.5. The van der Waals surface area contributed by atoms with Gasteiger partial charge >= 0.3 is 10.1 Å². The van der Waals surface area contributed by atoms with Crippen LogP contribution in [0.5, 0.6) is 17.2 Å². The first kappa shape index (κ1) is 34.7. The van der Waals surface area contributed by atoms with Crippen LogP contribution in [-0.2, 0) is 25.0 Å². The number of nitrogens with one attached hydrogen (secondary N) is 2. The van der Waals surface area contributed by atoms with E-state index in [0.717, 1.165) is 5.69 Å². The summed E-state index contributed by atoms with van der Waals surface area (Å²) in [5.74, 6) is 0.766. The number of sulfonamides is 1. The van der Waals surface area contributed by atoms with Gasteiger partial charge in [0.2, 0.25) is 16.0 Å². The molecule has 0 radical (unpaired) electrons. The predicted molar refractivity (Wildman–Crippen MR) is 168 cm³/mol. The minimum Gasteiger partial charge on any atom is -0.495 e. The Labute approximate surface area is 263 Å². The highest BCUT2D eigenvalue weighted by molar-refractivity contribution is 7.91. The monoisotopic (exact) mass is 669 g/mol. The van der Waals surface area contributed by atoms with E-state index in [0.29, 0.717) is 36.6 Å². The Bertz CT molecular complexity index is 1650. The van der Waals surface area contributed by atoms with Crippen LogP contribution in [0.2, 0.25) is 0 Å². The zero-order valence-corrected chi connectivity index (χ0v) is 26.7. The summed E-state index contributed by atoms with van der Waals surface area (Å²) in [4.78, 5) is 6.20. The van der Waals surface area contributed by atoms with Crippen LogP contribution in [0.1, 0.15) is 12.0 Å². The number of methoxy groups -OCH3 is 1. The summed E-state index contributed by atoms with van der Waals surface area (Å²) in [5, 5.41) is 7.05. The van der Waals surface area contributed by atoms with E-state index in [-0.39, 0.29) is 55.3 Å². The second-order valence-corrected chi connectivity index (χ2v) is 12.9. The number of nitrogens with two attached hydrogens (primary N) is 1. The largest absolute Gasteiger partial charge is 0.495 e. The van der Waals surface area contributed by atoms with Crippen molar-refractivity contribution in [3.8, 4) is 17.2 Å². The molecule has 1 saturated heterocycles. The molecule has 1 aliphatic heterocycles. The maximum Gasteiger partial charge on any atom is 0.340 e. The summed E-state index contributed by atoms with van der Waals surface area (Å²) in [6.45, 7) is 3.21. The molecule has 0 amide bonds. The van der Waals surface area contributed by atoms with Crippen molar-refractivity contribution >= 4 is 44.2 Å². The van der Waals surface area contributed by atoms with Crippen LogP contribution >= 0.6 is 12.4 Å². The van der Waals surface area contributed by atoms with E-state index in [1.807, 2.05) is 29.2 Å². The quantitative estimate of drug-likeness (QED) is 0.0803. The number of anilines is 1. The van der Waals surface area contributed by atoms with Crippen LogP contribution in [0, 0.1) is 12.3 Å². The standard InChI is InChI=1S/C28H35N5O8S2.ClH/c1-21-23(39-19-8-20-40-31-28(29)30)11-7-12-24(21)41-43(36,37)27-14-6-5-13-26(27)42(34,35)33-17-15-32(16-18-33)22-9-3-4-10-25(22)38-2;/h3-7,9-14H,8,15-20H2,1-2H3,(H4,29,30,31);1H. The second-order valence-electron chi connectivity index (χ2n) is 9.49. The summed E-state index contributed by atoms with van der Waals surface area (Å²) < 4.78 is 72.4. The van der Waals surface area contributed by atoms with Crippen molar-refractivity contribution < 1.29 is 35.3 Å². The van der Waals surface area contributed by atoms with E-state index in [1.165, 1.54) is 34.6 Å². The molecule has 3 aromatic rings. The highest BCUT2D eigenvalue weighted by atomic mass is 35.5. The fraction of sp³-hybridized carbons (Fsp3) is 0.321. The summed E-state index contributed by atoms with van der Waals surface area (Å²) in [6, 6.07) is 17.6. The molecule has 0 spiro atoms. The minimum atomic E-state index is -4.56. The van der Waals surface area contributed by atoms with Gasteiger partial charge in [0.05, 0.1) is 26.0 Å². The van der Waals surface area contributed by atoms with E-state index >= 15 is 0 Å². The lowest BCUT2D eigenvalue weighted by Gasteiger charge is -2.36. The van der Waals surface area contributed by atoms with Crippen LogP contribution in [-0.4, -0.2) is 73.6 Å². The number of guanidine groups is 1. The topological polar surface area (TPSA) is 174 Å². The summed E-state index contributed by atoms with van der Waals surface area (Å²) in [5.41, 5.74) is 8.64. The fourth-order valence-electron chi connectivity index (χ4n) is 4.52. The maximum atomic E-state index is 13.7. The van der Waals surface area contributed by atoms with Gasteiger partial charge < -0.3 is 24.3 Å². The summed E-state index contributed by atoms with van der Waals surface area (Å²) in [6.07, 6.45) is 0.460. The average Bonchev–Trinajstić information content (AvgIpc) is 3.00. The van der Waals surface area contributed by atoms with Crippen molar-refractivity contribution in [3.63, 3.8) is 0 Å².